The van der Waals surface area contributed by atoms with Gasteiger partial charge in [-0.1, -0.05) is 18.7 Å². The van der Waals surface area contributed by atoms with E-state index in [2.05, 4.69) is 6.58 Å². The summed E-state index contributed by atoms with van der Waals surface area (Å²) in [4.78, 5) is 11.6. The monoisotopic (exact) mass is 194 g/mol. The van der Waals surface area contributed by atoms with Crippen molar-refractivity contribution in [1.82, 2.24) is 0 Å². The zero-order valence-electron chi connectivity index (χ0n) is 7.32. The maximum absolute atomic E-state index is 10.7. The zero-order valence-corrected chi connectivity index (χ0v) is 8.14. The number of hydrogen-bond donors (Lipinski definition) is 0. The van der Waals surface area contributed by atoms with E-state index >= 15 is 0 Å². The topological polar surface area (TPSA) is 26.3 Å². The number of aryl methyl sites for hydroxylation is 1. The average molecular weight is 194 g/mol. The summed E-state index contributed by atoms with van der Waals surface area (Å²) in [6.07, 6.45) is 1.14. The number of rotatable bonds is 3. The molecule has 0 bridgehead atoms. The smallest absolute Gasteiger partial charge is 0.342 e. The van der Waals surface area contributed by atoms with E-state index in [1.807, 2.05) is 31.2 Å². The Kier molecular flexibility index (Phi) is 3.58. The van der Waals surface area contributed by atoms with Gasteiger partial charge in [-0.3, -0.25) is 0 Å². The van der Waals surface area contributed by atoms with Crippen LogP contribution in [0.2, 0.25) is 0 Å². The Labute approximate surface area is 81.8 Å². The van der Waals surface area contributed by atoms with Gasteiger partial charge in [-0.25, -0.2) is 4.79 Å². The quantitative estimate of drug-likeness (QED) is 0.546. The molecular weight excluding hydrogens is 184 g/mol. The summed E-state index contributed by atoms with van der Waals surface area (Å²) in [6.45, 7) is 5.29. The van der Waals surface area contributed by atoms with Gasteiger partial charge in [0.15, 0.2) is 0 Å². The van der Waals surface area contributed by atoms with E-state index in [1.54, 1.807) is 0 Å². The summed E-state index contributed by atoms with van der Waals surface area (Å²) in [7, 11) is 0. The number of carbonyl (C=O) groups excluding carboxylic acids is 1. The van der Waals surface area contributed by atoms with Crippen LogP contribution in [0.25, 0.3) is 0 Å². The van der Waals surface area contributed by atoms with Crippen LogP contribution in [0.4, 0.5) is 0 Å². The van der Waals surface area contributed by atoms with Crippen LogP contribution in [-0.2, 0) is 8.98 Å². The molecule has 0 aliphatic carbocycles. The molecule has 0 heterocycles. The van der Waals surface area contributed by atoms with Gasteiger partial charge in [-0.15, -0.1) is 0 Å². The fraction of sp³-hybridized carbons (Fsp3) is 0.100. The highest BCUT2D eigenvalue weighted by Crippen LogP contribution is 2.19. The Morgan fingerprint density at radius 2 is 2.38 bits per heavy atom. The second-order valence-electron chi connectivity index (χ2n) is 2.51. The third kappa shape index (κ3) is 3.34. The molecule has 0 amide bonds. The average Bonchev–Trinajstić information content (AvgIpc) is 2.14. The van der Waals surface area contributed by atoms with Gasteiger partial charge >= 0.3 is 5.97 Å². The van der Waals surface area contributed by atoms with Crippen molar-refractivity contribution in [2.45, 2.75) is 11.8 Å². The van der Waals surface area contributed by atoms with E-state index in [9.17, 15) is 4.79 Å². The maximum atomic E-state index is 10.7. The molecule has 0 spiro atoms. The Morgan fingerprint density at radius 1 is 1.62 bits per heavy atom. The Bertz CT molecular complexity index is 320. The van der Waals surface area contributed by atoms with Crippen LogP contribution in [0.15, 0.2) is 41.8 Å². The van der Waals surface area contributed by atoms with Gasteiger partial charge in [0.25, 0.3) is 0 Å². The second-order valence-corrected chi connectivity index (χ2v) is 3.31. The Hall–Kier alpha value is -1.22. The fourth-order valence-corrected chi connectivity index (χ4v) is 1.40. The zero-order chi connectivity index (χ0) is 9.68. The standard InChI is InChI=1S/C10H10O2S/c1-3-10(11)12-13-9-6-4-5-8(2)7-9/h3-7H,1H2,2H3. The summed E-state index contributed by atoms with van der Waals surface area (Å²) >= 11 is 1.05. The highest BCUT2D eigenvalue weighted by molar-refractivity contribution is 7.95. The molecule has 68 valence electrons. The molecule has 0 saturated heterocycles. The molecule has 1 aromatic rings. The van der Waals surface area contributed by atoms with Crippen LogP contribution in [-0.4, -0.2) is 5.97 Å². The largest absolute Gasteiger partial charge is 0.383 e. The van der Waals surface area contributed by atoms with Crippen LogP contribution in [0.3, 0.4) is 0 Å². The SMILES string of the molecule is C=CC(=O)OSc1cccc(C)c1. The highest BCUT2D eigenvalue weighted by atomic mass is 32.2. The lowest BCUT2D eigenvalue weighted by atomic mass is 10.2. The number of carbonyl (C=O) groups is 1. The van der Waals surface area contributed by atoms with Gasteiger partial charge in [-0.05, 0) is 24.6 Å². The molecule has 0 aliphatic heterocycles. The first kappa shape index (κ1) is 9.86. The Balaban J connectivity index is 2.54. The summed E-state index contributed by atoms with van der Waals surface area (Å²) < 4.78 is 4.79. The minimum atomic E-state index is -0.425. The van der Waals surface area contributed by atoms with Gasteiger partial charge in [-0.2, -0.15) is 0 Å². The van der Waals surface area contributed by atoms with Gasteiger partial charge in [0.05, 0.1) is 12.0 Å². The van der Waals surface area contributed by atoms with Crippen LogP contribution < -0.4 is 0 Å². The van der Waals surface area contributed by atoms with Crippen molar-refractivity contribution in [3.63, 3.8) is 0 Å². The van der Waals surface area contributed by atoms with E-state index in [1.165, 1.54) is 0 Å². The van der Waals surface area contributed by atoms with Gasteiger partial charge < -0.3 is 4.18 Å². The lowest BCUT2D eigenvalue weighted by Crippen LogP contribution is -1.91. The molecule has 0 aromatic heterocycles. The summed E-state index contributed by atoms with van der Waals surface area (Å²) in [5.41, 5.74) is 1.14. The van der Waals surface area contributed by atoms with Crippen LogP contribution >= 0.6 is 12.0 Å². The molecule has 1 aromatic carbocycles. The van der Waals surface area contributed by atoms with Crippen molar-refractivity contribution in [2.24, 2.45) is 0 Å². The fourth-order valence-electron chi connectivity index (χ4n) is 0.790. The summed E-state index contributed by atoms with van der Waals surface area (Å²) in [5, 5.41) is 0. The first-order valence-corrected chi connectivity index (χ1v) is 4.54. The van der Waals surface area contributed by atoms with Gasteiger partial charge in [0.1, 0.15) is 0 Å². The predicted molar refractivity (Wildman–Crippen MR) is 53.3 cm³/mol. The number of benzene rings is 1. The van der Waals surface area contributed by atoms with Crippen molar-refractivity contribution in [2.75, 3.05) is 0 Å². The lowest BCUT2D eigenvalue weighted by Gasteiger charge is -1.99. The highest BCUT2D eigenvalue weighted by Gasteiger charge is 1.99. The lowest BCUT2D eigenvalue weighted by molar-refractivity contribution is -0.127. The molecule has 13 heavy (non-hydrogen) atoms. The first-order valence-electron chi connectivity index (χ1n) is 3.80. The third-order valence-corrected chi connectivity index (χ3v) is 2.07. The maximum Gasteiger partial charge on any atom is 0.342 e. The molecule has 1 rings (SSSR count). The van der Waals surface area contributed by atoms with E-state index in [0.717, 1.165) is 28.6 Å². The molecule has 2 nitrogen and oxygen atoms in total. The molecular formula is C10H10O2S. The van der Waals surface area contributed by atoms with Crippen molar-refractivity contribution in [3.8, 4) is 0 Å². The van der Waals surface area contributed by atoms with Crippen LogP contribution in [0, 0.1) is 6.92 Å². The molecule has 0 saturated carbocycles. The van der Waals surface area contributed by atoms with Gasteiger partial charge in [0, 0.05) is 11.0 Å². The van der Waals surface area contributed by atoms with Gasteiger partial charge in [0.2, 0.25) is 0 Å². The molecule has 0 atom stereocenters. The molecule has 0 fully saturated rings. The summed E-state index contributed by atoms with van der Waals surface area (Å²) in [5.74, 6) is -0.425. The number of hydrogen-bond acceptors (Lipinski definition) is 3. The van der Waals surface area contributed by atoms with E-state index in [4.69, 9.17) is 4.18 Å². The van der Waals surface area contributed by atoms with Crippen molar-refractivity contribution < 1.29 is 8.98 Å². The normalized spacial score (nSPS) is 9.31. The minimum absolute atomic E-state index is 0.425. The van der Waals surface area contributed by atoms with Crippen LogP contribution in [0.5, 0.6) is 0 Å². The summed E-state index contributed by atoms with van der Waals surface area (Å²) in [6, 6.07) is 7.73. The second kappa shape index (κ2) is 4.72. The van der Waals surface area contributed by atoms with Crippen molar-refractivity contribution >= 4 is 18.0 Å². The van der Waals surface area contributed by atoms with Crippen LogP contribution in [0.1, 0.15) is 5.56 Å². The molecule has 0 N–H and O–H groups in total. The predicted octanol–water partition coefficient (Wildman–Crippen LogP) is 2.73. The molecule has 3 heteroatoms. The van der Waals surface area contributed by atoms with Crippen molar-refractivity contribution in [3.05, 3.63) is 42.5 Å². The van der Waals surface area contributed by atoms with E-state index in [-0.39, 0.29) is 0 Å². The van der Waals surface area contributed by atoms with E-state index < -0.39 is 5.97 Å². The van der Waals surface area contributed by atoms with E-state index in [0.29, 0.717) is 0 Å². The molecule has 0 unspecified atom stereocenters. The Morgan fingerprint density at radius 3 is 3.00 bits per heavy atom. The molecule has 0 radical (unpaired) electrons. The van der Waals surface area contributed by atoms with Crippen molar-refractivity contribution in [1.29, 1.82) is 0 Å². The third-order valence-electron chi connectivity index (χ3n) is 1.38. The molecule has 0 aliphatic rings. The first-order chi connectivity index (χ1) is 6.22. The minimum Gasteiger partial charge on any atom is -0.383 e.